The summed E-state index contributed by atoms with van der Waals surface area (Å²) in [5, 5.41) is 7.28. The Kier molecular flexibility index (Phi) is 4.91. The Balaban J connectivity index is 1.83. The molecule has 0 aliphatic carbocycles. The molecule has 0 radical (unpaired) electrons. The molecule has 2 N–H and O–H groups in total. The molecule has 1 aromatic heterocycles. The van der Waals surface area contributed by atoms with Crippen LogP contribution < -0.4 is 10.6 Å². The molecule has 2 heterocycles. The highest BCUT2D eigenvalue weighted by atomic mass is 32.2. The fraction of sp³-hybridized carbons (Fsp3) is 0.667. The maximum Gasteiger partial charge on any atom is 0.146 e. The summed E-state index contributed by atoms with van der Waals surface area (Å²) in [7, 11) is 0. The van der Waals surface area contributed by atoms with E-state index in [-0.39, 0.29) is 0 Å². The SMILES string of the molecule is CCNc1cncc(NCC2CCCCS2)n1. The fourth-order valence-corrected chi connectivity index (χ4v) is 3.14. The summed E-state index contributed by atoms with van der Waals surface area (Å²) in [6.45, 7) is 3.92. The first kappa shape index (κ1) is 12.5. The summed E-state index contributed by atoms with van der Waals surface area (Å²) < 4.78 is 0. The zero-order valence-corrected chi connectivity index (χ0v) is 11.1. The van der Waals surface area contributed by atoms with E-state index in [1.807, 2.05) is 0 Å². The molecule has 1 unspecified atom stereocenters. The van der Waals surface area contributed by atoms with Gasteiger partial charge in [0.05, 0.1) is 12.4 Å². The molecule has 1 fully saturated rings. The molecule has 0 spiro atoms. The Morgan fingerprint density at radius 3 is 2.82 bits per heavy atom. The van der Waals surface area contributed by atoms with Crippen LogP contribution >= 0.6 is 11.8 Å². The Morgan fingerprint density at radius 1 is 1.29 bits per heavy atom. The Morgan fingerprint density at radius 2 is 2.12 bits per heavy atom. The normalized spacial score (nSPS) is 19.9. The maximum atomic E-state index is 4.45. The van der Waals surface area contributed by atoms with Crippen molar-refractivity contribution in [3.05, 3.63) is 12.4 Å². The van der Waals surface area contributed by atoms with Crippen molar-refractivity contribution in [3.63, 3.8) is 0 Å². The van der Waals surface area contributed by atoms with Crippen molar-refractivity contribution in [2.45, 2.75) is 31.4 Å². The number of rotatable bonds is 5. The van der Waals surface area contributed by atoms with Gasteiger partial charge in [-0.05, 0) is 25.5 Å². The summed E-state index contributed by atoms with van der Waals surface area (Å²) in [5.74, 6) is 3.01. The molecule has 1 atom stereocenters. The molecule has 1 aromatic rings. The van der Waals surface area contributed by atoms with Crippen molar-refractivity contribution in [2.24, 2.45) is 0 Å². The van der Waals surface area contributed by atoms with Crippen LogP contribution in [0.4, 0.5) is 11.6 Å². The number of nitrogens with zero attached hydrogens (tertiary/aromatic N) is 2. The molecule has 1 aliphatic heterocycles. The molecule has 5 heteroatoms. The molecule has 0 aromatic carbocycles. The second kappa shape index (κ2) is 6.69. The van der Waals surface area contributed by atoms with Crippen molar-refractivity contribution in [1.29, 1.82) is 0 Å². The summed E-state index contributed by atoms with van der Waals surface area (Å²) >= 11 is 2.07. The minimum Gasteiger partial charge on any atom is -0.369 e. The van der Waals surface area contributed by atoms with Gasteiger partial charge in [0.1, 0.15) is 11.6 Å². The standard InChI is InChI=1S/C12H20N4S/c1-2-14-11-8-13-9-12(16-11)15-7-10-5-3-4-6-17-10/h8-10H,2-7H2,1H3,(H2,14,15,16). The molecule has 1 aliphatic rings. The van der Waals surface area contributed by atoms with Gasteiger partial charge >= 0.3 is 0 Å². The maximum absolute atomic E-state index is 4.45. The first-order valence-electron chi connectivity index (χ1n) is 6.30. The van der Waals surface area contributed by atoms with E-state index in [0.717, 1.165) is 30.0 Å². The smallest absolute Gasteiger partial charge is 0.146 e. The minimum atomic E-state index is 0.730. The van der Waals surface area contributed by atoms with E-state index in [0.29, 0.717) is 0 Å². The molecule has 94 valence electrons. The lowest BCUT2D eigenvalue weighted by atomic mass is 10.2. The summed E-state index contributed by atoms with van der Waals surface area (Å²) in [6, 6.07) is 0. The van der Waals surface area contributed by atoms with E-state index < -0.39 is 0 Å². The van der Waals surface area contributed by atoms with E-state index in [2.05, 4.69) is 39.3 Å². The summed E-state index contributed by atoms with van der Waals surface area (Å²) in [5.41, 5.74) is 0. The monoisotopic (exact) mass is 252 g/mol. The van der Waals surface area contributed by atoms with E-state index in [1.165, 1.54) is 25.0 Å². The predicted molar refractivity (Wildman–Crippen MR) is 74.8 cm³/mol. The van der Waals surface area contributed by atoms with Crippen LogP contribution in [0.5, 0.6) is 0 Å². The molecule has 0 bridgehead atoms. The third-order valence-corrected chi connectivity index (χ3v) is 4.18. The van der Waals surface area contributed by atoms with Crippen molar-refractivity contribution < 1.29 is 0 Å². The predicted octanol–water partition coefficient (Wildman–Crippen LogP) is 2.61. The average Bonchev–Trinajstić information content (AvgIpc) is 2.39. The van der Waals surface area contributed by atoms with E-state index in [4.69, 9.17) is 0 Å². The molecule has 4 nitrogen and oxygen atoms in total. The average molecular weight is 252 g/mol. The fourth-order valence-electron chi connectivity index (χ4n) is 1.90. The molecule has 1 saturated heterocycles. The van der Waals surface area contributed by atoms with Crippen molar-refractivity contribution in [3.8, 4) is 0 Å². The van der Waals surface area contributed by atoms with Crippen LogP contribution in [0, 0.1) is 0 Å². The quantitative estimate of drug-likeness (QED) is 0.843. The zero-order chi connectivity index (χ0) is 11.9. The third kappa shape index (κ3) is 4.07. The molecule has 17 heavy (non-hydrogen) atoms. The lowest BCUT2D eigenvalue weighted by Crippen LogP contribution is -2.20. The summed E-state index contributed by atoms with van der Waals surface area (Å²) in [6.07, 6.45) is 7.59. The minimum absolute atomic E-state index is 0.730. The van der Waals surface area contributed by atoms with Gasteiger partial charge in [-0.25, -0.2) is 4.98 Å². The number of hydrogen-bond donors (Lipinski definition) is 2. The van der Waals surface area contributed by atoms with Gasteiger partial charge in [0.2, 0.25) is 0 Å². The molecular formula is C12H20N4S. The molecular weight excluding hydrogens is 232 g/mol. The highest BCUT2D eigenvalue weighted by Crippen LogP contribution is 2.25. The van der Waals surface area contributed by atoms with Gasteiger partial charge in [0, 0.05) is 18.3 Å². The number of aromatic nitrogens is 2. The number of thioether (sulfide) groups is 1. The van der Waals surface area contributed by atoms with Crippen molar-refractivity contribution in [2.75, 3.05) is 29.5 Å². The lowest BCUT2D eigenvalue weighted by Gasteiger charge is -2.21. The van der Waals surface area contributed by atoms with Crippen LogP contribution in [0.3, 0.4) is 0 Å². The number of anilines is 2. The largest absolute Gasteiger partial charge is 0.369 e. The van der Waals surface area contributed by atoms with Gasteiger partial charge < -0.3 is 10.6 Å². The Bertz CT molecular complexity index is 339. The first-order valence-corrected chi connectivity index (χ1v) is 7.34. The van der Waals surface area contributed by atoms with Gasteiger partial charge in [-0.15, -0.1) is 0 Å². The van der Waals surface area contributed by atoms with Crippen molar-refractivity contribution in [1.82, 2.24) is 9.97 Å². The number of nitrogens with one attached hydrogen (secondary N) is 2. The van der Waals surface area contributed by atoms with Gasteiger partial charge in [0.25, 0.3) is 0 Å². The Labute approximate surface area is 107 Å². The zero-order valence-electron chi connectivity index (χ0n) is 10.3. The van der Waals surface area contributed by atoms with Gasteiger partial charge in [0.15, 0.2) is 0 Å². The molecule has 0 amide bonds. The van der Waals surface area contributed by atoms with Crippen LogP contribution in [-0.2, 0) is 0 Å². The van der Waals surface area contributed by atoms with Crippen LogP contribution in [-0.4, -0.2) is 34.1 Å². The lowest BCUT2D eigenvalue weighted by molar-refractivity contribution is 0.677. The highest BCUT2D eigenvalue weighted by molar-refractivity contribution is 7.99. The Hall–Kier alpha value is -0.970. The van der Waals surface area contributed by atoms with Crippen LogP contribution in [0.15, 0.2) is 12.4 Å². The van der Waals surface area contributed by atoms with Gasteiger partial charge in [-0.3, -0.25) is 4.98 Å². The van der Waals surface area contributed by atoms with E-state index in [9.17, 15) is 0 Å². The summed E-state index contributed by atoms with van der Waals surface area (Å²) in [4.78, 5) is 8.63. The highest BCUT2D eigenvalue weighted by Gasteiger charge is 2.13. The van der Waals surface area contributed by atoms with Crippen molar-refractivity contribution >= 4 is 23.4 Å². The van der Waals surface area contributed by atoms with Gasteiger partial charge in [-0.1, -0.05) is 6.42 Å². The van der Waals surface area contributed by atoms with Gasteiger partial charge in [-0.2, -0.15) is 11.8 Å². The second-order valence-electron chi connectivity index (χ2n) is 4.19. The molecule has 0 saturated carbocycles. The second-order valence-corrected chi connectivity index (χ2v) is 5.60. The van der Waals surface area contributed by atoms with E-state index in [1.54, 1.807) is 12.4 Å². The molecule has 2 rings (SSSR count). The van der Waals surface area contributed by atoms with Crippen LogP contribution in [0.25, 0.3) is 0 Å². The number of hydrogen-bond acceptors (Lipinski definition) is 5. The van der Waals surface area contributed by atoms with Crippen LogP contribution in [0.1, 0.15) is 26.2 Å². The first-order chi connectivity index (χ1) is 8.38. The third-order valence-electron chi connectivity index (χ3n) is 2.78. The van der Waals surface area contributed by atoms with E-state index >= 15 is 0 Å². The topological polar surface area (TPSA) is 49.8 Å². The van der Waals surface area contributed by atoms with Crippen LogP contribution in [0.2, 0.25) is 0 Å².